The number of carbonyl (C=O) groups excluding carboxylic acids is 2. The van der Waals surface area contributed by atoms with Crippen LogP contribution in [-0.2, 0) is 4.79 Å². The van der Waals surface area contributed by atoms with E-state index in [9.17, 15) is 9.59 Å². The Kier molecular flexibility index (Phi) is 5.40. The average molecular weight is 376 g/mol. The van der Waals surface area contributed by atoms with Gasteiger partial charge >= 0.3 is 0 Å². The molecule has 28 heavy (non-hydrogen) atoms. The third-order valence-electron chi connectivity index (χ3n) is 4.69. The van der Waals surface area contributed by atoms with Crippen molar-refractivity contribution in [3.8, 4) is 0 Å². The van der Waals surface area contributed by atoms with Crippen LogP contribution < -0.4 is 10.6 Å². The number of amides is 2. The summed E-state index contributed by atoms with van der Waals surface area (Å²) in [5.41, 5.74) is 7.46. The topological polar surface area (TPSA) is 84.0 Å². The van der Waals surface area contributed by atoms with Crippen LogP contribution >= 0.6 is 0 Å². The van der Waals surface area contributed by atoms with Crippen molar-refractivity contribution in [2.45, 2.75) is 34.6 Å². The minimum Gasteiger partial charge on any atom is -0.343 e. The fraction of sp³-hybridized carbons (Fsp3) is 0.273. The minimum atomic E-state index is -0.325. The average Bonchev–Trinajstić information content (AvgIpc) is 2.63. The first-order chi connectivity index (χ1) is 13.2. The summed E-state index contributed by atoms with van der Waals surface area (Å²) in [4.78, 5) is 33.7. The van der Waals surface area contributed by atoms with Gasteiger partial charge in [0.05, 0.1) is 29.0 Å². The van der Waals surface area contributed by atoms with Gasteiger partial charge in [-0.15, -0.1) is 0 Å². The third kappa shape index (κ3) is 4.17. The maximum Gasteiger partial charge on any atom is 0.251 e. The highest BCUT2D eigenvalue weighted by Gasteiger charge is 2.12. The molecule has 6 heteroatoms. The van der Waals surface area contributed by atoms with Crippen molar-refractivity contribution in [3.05, 3.63) is 64.0 Å². The highest BCUT2D eigenvalue weighted by atomic mass is 16.2. The van der Waals surface area contributed by atoms with Gasteiger partial charge in [-0.05, 0) is 63.9 Å². The number of hydrogen-bond acceptors (Lipinski definition) is 4. The van der Waals surface area contributed by atoms with Crippen LogP contribution in [0.3, 0.4) is 0 Å². The summed E-state index contributed by atoms with van der Waals surface area (Å²) in [6.45, 7) is 9.60. The Bertz CT molecular complexity index is 1070. The van der Waals surface area contributed by atoms with Gasteiger partial charge in [-0.1, -0.05) is 17.7 Å². The van der Waals surface area contributed by atoms with E-state index in [-0.39, 0.29) is 18.4 Å². The third-order valence-corrected chi connectivity index (χ3v) is 4.69. The van der Waals surface area contributed by atoms with Crippen molar-refractivity contribution in [1.82, 2.24) is 15.3 Å². The molecule has 0 radical (unpaired) electrons. The Labute approximate surface area is 164 Å². The van der Waals surface area contributed by atoms with Gasteiger partial charge in [0.15, 0.2) is 0 Å². The summed E-state index contributed by atoms with van der Waals surface area (Å²) in [6, 6.07) is 9.17. The van der Waals surface area contributed by atoms with Crippen LogP contribution in [-0.4, -0.2) is 28.3 Å². The number of benzene rings is 2. The maximum atomic E-state index is 12.4. The number of anilines is 1. The number of aromatic nitrogens is 2. The lowest BCUT2D eigenvalue weighted by molar-refractivity contribution is -0.115. The summed E-state index contributed by atoms with van der Waals surface area (Å²) in [7, 11) is 0. The van der Waals surface area contributed by atoms with E-state index in [1.165, 1.54) is 0 Å². The van der Waals surface area contributed by atoms with Crippen molar-refractivity contribution in [1.29, 1.82) is 0 Å². The fourth-order valence-corrected chi connectivity index (χ4v) is 3.20. The molecule has 1 heterocycles. The molecule has 0 aliphatic carbocycles. The van der Waals surface area contributed by atoms with Crippen LogP contribution in [0.25, 0.3) is 11.0 Å². The lowest BCUT2D eigenvalue weighted by atomic mass is 10.1. The molecule has 0 bridgehead atoms. The number of rotatable bonds is 4. The molecule has 2 amide bonds. The molecule has 6 nitrogen and oxygen atoms in total. The highest BCUT2D eigenvalue weighted by molar-refractivity contribution is 6.01. The van der Waals surface area contributed by atoms with Gasteiger partial charge in [0.25, 0.3) is 5.91 Å². The molecular weight excluding hydrogens is 352 g/mol. The SMILES string of the molecule is Cc1cc(C)c(NC(=O)CNC(=O)c2ccc3nc(C)c(C)nc3c2)c(C)c1. The van der Waals surface area contributed by atoms with Gasteiger partial charge in [0.1, 0.15) is 0 Å². The number of aryl methyl sites for hydroxylation is 5. The first-order valence-corrected chi connectivity index (χ1v) is 9.15. The van der Waals surface area contributed by atoms with E-state index in [0.29, 0.717) is 11.1 Å². The Morgan fingerprint density at radius 1 is 0.857 bits per heavy atom. The van der Waals surface area contributed by atoms with E-state index in [2.05, 4.69) is 20.6 Å². The molecule has 0 aliphatic rings. The lowest BCUT2D eigenvalue weighted by Crippen LogP contribution is -2.33. The van der Waals surface area contributed by atoms with Gasteiger partial charge in [0, 0.05) is 11.3 Å². The van der Waals surface area contributed by atoms with E-state index < -0.39 is 0 Å². The van der Waals surface area contributed by atoms with Gasteiger partial charge in [-0.25, -0.2) is 9.97 Å². The predicted octanol–water partition coefficient (Wildman–Crippen LogP) is 3.54. The van der Waals surface area contributed by atoms with Gasteiger partial charge in [-0.2, -0.15) is 0 Å². The molecule has 3 rings (SSSR count). The van der Waals surface area contributed by atoms with Crippen molar-refractivity contribution >= 4 is 28.5 Å². The number of carbonyl (C=O) groups is 2. The second-order valence-electron chi connectivity index (χ2n) is 7.10. The summed E-state index contributed by atoms with van der Waals surface area (Å²) < 4.78 is 0. The van der Waals surface area contributed by atoms with E-state index in [0.717, 1.165) is 39.3 Å². The molecule has 1 aromatic heterocycles. The van der Waals surface area contributed by atoms with Gasteiger partial charge < -0.3 is 10.6 Å². The smallest absolute Gasteiger partial charge is 0.251 e. The molecule has 144 valence electrons. The maximum absolute atomic E-state index is 12.4. The van der Waals surface area contributed by atoms with Crippen LogP contribution in [0.2, 0.25) is 0 Å². The first kappa shape index (κ1) is 19.5. The Morgan fingerprint density at radius 2 is 1.46 bits per heavy atom. The molecule has 3 aromatic rings. The molecule has 0 fully saturated rings. The summed E-state index contributed by atoms with van der Waals surface area (Å²) in [5.74, 6) is -0.593. The second-order valence-corrected chi connectivity index (χ2v) is 7.10. The molecule has 2 N–H and O–H groups in total. The Hall–Kier alpha value is -3.28. The van der Waals surface area contributed by atoms with Crippen LogP contribution in [0.4, 0.5) is 5.69 Å². The van der Waals surface area contributed by atoms with Gasteiger partial charge in [-0.3, -0.25) is 9.59 Å². The number of nitrogens with one attached hydrogen (secondary N) is 2. The molecule has 0 atom stereocenters. The molecular formula is C22H24N4O2. The molecule has 0 spiro atoms. The zero-order valence-corrected chi connectivity index (χ0v) is 16.8. The predicted molar refractivity (Wildman–Crippen MR) is 111 cm³/mol. The molecule has 0 saturated carbocycles. The zero-order valence-electron chi connectivity index (χ0n) is 16.8. The van der Waals surface area contributed by atoms with Crippen molar-refractivity contribution in [2.24, 2.45) is 0 Å². The molecule has 0 unspecified atom stereocenters. The van der Waals surface area contributed by atoms with Crippen LogP contribution in [0.5, 0.6) is 0 Å². The van der Waals surface area contributed by atoms with E-state index >= 15 is 0 Å². The normalized spacial score (nSPS) is 10.8. The quantitative estimate of drug-likeness (QED) is 0.729. The minimum absolute atomic E-state index is 0.109. The second kappa shape index (κ2) is 7.76. The largest absolute Gasteiger partial charge is 0.343 e. The van der Waals surface area contributed by atoms with E-state index in [4.69, 9.17) is 0 Å². The summed E-state index contributed by atoms with van der Waals surface area (Å²) >= 11 is 0. The van der Waals surface area contributed by atoms with Crippen LogP contribution in [0.15, 0.2) is 30.3 Å². The molecule has 2 aromatic carbocycles. The Balaban J connectivity index is 1.68. The fourth-order valence-electron chi connectivity index (χ4n) is 3.20. The van der Waals surface area contributed by atoms with Gasteiger partial charge in [0.2, 0.25) is 5.91 Å². The Morgan fingerprint density at radius 3 is 2.11 bits per heavy atom. The molecule has 0 aliphatic heterocycles. The summed E-state index contributed by atoms with van der Waals surface area (Å²) in [5, 5.41) is 5.54. The van der Waals surface area contributed by atoms with Crippen LogP contribution in [0, 0.1) is 34.6 Å². The standard InChI is InChI=1S/C22H24N4O2/c1-12-8-13(2)21(14(3)9-12)26-20(27)11-23-22(28)17-6-7-18-19(10-17)25-16(5)15(4)24-18/h6-10H,11H2,1-5H3,(H,23,28)(H,26,27). The van der Waals surface area contributed by atoms with Crippen LogP contribution in [0.1, 0.15) is 38.4 Å². The van der Waals surface area contributed by atoms with E-state index in [1.807, 2.05) is 46.8 Å². The lowest BCUT2D eigenvalue weighted by Gasteiger charge is -2.13. The zero-order chi connectivity index (χ0) is 20.4. The van der Waals surface area contributed by atoms with Crippen molar-refractivity contribution in [2.75, 3.05) is 11.9 Å². The summed E-state index contributed by atoms with van der Waals surface area (Å²) in [6.07, 6.45) is 0. The highest BCUT2D eigenvalue weighted by Crippen LogP contribution is 2.21. The number of hydrogen-bond donors (Lipinski definition) is 2. The molecule has 0 saturated heterocycles. The van der Waals surface area contributed by atoms with E-state index in [1.54, 1.807) is 18.2 Å². The number of nitrogens with zero attached hydrogens (tertiary/aromatic N) is 2. The van der Waals surface area contributed by atoms with Crippen molar-refractivity contribution in [3.63, 3.8) is 0 Å². The first-order valence-electron chi connectivity index (χ1n) is 9.15. The van der Waals surface area contributed by atoms with Crippen molar-refractivity contribution < 1.29 is 9.59 Å². The number of fused-ring (bicyclic) bond motifs is 1. The monoisotopic (exact) mass is 376 g/mol.